The normalized spacial score (nSPS) is 10.7. The van der Waals surface area contributed by atoms with Gasteiger partial charge in [0.05, 0.1) is 0 Å². The quantitative estimate of drug-likeness (QED) is 0.927. The fourth-order valence-electron chi connectivity index (χ4n) is 2.27. The molecule has 4 heteroatoms. The third-order valence-corrected chi connectivity index (χ3v) is 3.33. The largest absolute Gasteiger partial charge is 0.316 e. The maximum Gasteiger partial charge on any atom is 0.229 e. The molecule has 0 amide bonds. The van der Waals surface area contributed by atoms with Crippen LogP contribution in [-0.2, 0) is 6.54 Å². The lowest BCUT2D eigenvalue weighted by Crippen LogP contribution is -2.16. The van der Waals surface area contributed by atoms with Gasteiger partial charge in [-0.05, 0) is 51.1 Å². The molecule has 0 saturated carbocycles. The maximum absolute atomic E-state index is 4.60. The van der Waals surface area contributed by atoms with Crippen molar-refractivity contribution in [2.75, 3.05) is 19.0 Å². The third kappa shape index (κ3) is 3.14. The van der Waals surface area contributed by atoms with Crippen LogP contribution in [0.15, 0.2) is 24.4 Å². The number of rotatable bonds is 4. The molecular weight excluding hydrogens is 248 g/mol. The third-order valence-electron chi connectivity index (χ3n) is 3.33. The molecule has 1 aromatic heterocycles. The Labute approximate surface area is 120 Å². The van der Waals surface area contributed by atoms with Gasteiger partial charge in [0.1, 0.15) is 0 Å². The second-order valence-corrected chi connectivity index (χ2v) is 5.22. The molecule has 0 bridgehead atoms. The van der Waals surface area contributed by atoms with Gasteiger partial charge in [-0.1, -0.05) is 6.07 Å². The zero-order valence-corrected chi connectivity index (χ0v) is 12.9. The Kier molecular flexibility index (Phi) is 4.35. The highest BCUT2D eigenvalue weighted by Crippen LogP contribution is 2.23. The van der Waals surface area contributed by atoms with E-state index in [1.807, 2.05) is 32.1 Å². The fourth-order valence-corrected chi connectivity index (χ4v) is 2.27. The Morgan fingerprint density at radius 2 is 1.75 bits per heavy atom. The Hall–Kier alpha value is -1.94. The first-order chi connectivity index (χ1) is 9.51. The molecule has 106 valence electrons. The van der Waals surface area contributed by atoms with Crippen LogP contribution in [0, 0.1) is 20.8 Å². The van der Waals surface area contributed by atoms with E-state index in [1.165, 1.54) is 11.1 Å². The van der Waals surface area contributed by atoms with E-state index >= 15 is 0 Å². The van der Waals surface area contributed by atoms with Crippen molar-refractivity contribution >= 4 is 11.6 Å². The first-order valence-corrected chi connectivity index (χ1v) is 6.80. The van der Waals surface area contributed by atoms with Crippen molar-refractivity contribution in [1.29, 1.82) is 0 Å². The number of nitrogens with zero attached hydrogens (tertiary/aromatic N) is 3. The van der Waals surface area contributed by atoms with Crippen LogP contribution >= 0.6 is 0 Å². The van der Waals surface area contributed by atoms with Crippen molar-refractivity contribution in [3.8, 4) is 0 Å². The molecule has 2 rings (SSSR count). The minimum Gasteiger partial charge on any atom is -0.316 e. The van der Waals surface area contributed by atoms with Gasteiger partial charge in [-0.2, -0.15) is 0 Å². The topological polar surface area (TPSA) is 41.1 Å². The average molecular weight is 270 g/mol. The molecule has 2 aromatic rings. The van der Waals surface area contributed by atoms with Crippen LogP contribution in [0.3, 0.4) is 0 Å². The number of aryl methyl sites for hydroxylation is 3. The van der Waals surface area contributed by atoms with E-state index in [4.69, 9.17) is 0 Å². The number of hydrogen-bond acceptors (Lipinski definition) is 4. The molecule has 0 atom stereocenters. The molecule has 1 heterocycles. The summed E-state index contributed by atoms with van der Waals surface area (Å²) in [6.45, 7) is 7.02. The number of hydrogen-bond donors (Lipinski definition) is 1. The molecule has 4 nitrogen and oxygen atoms in total. The zero-order valence-electron chi connectivity index (χ0n) is 12.9. The van der Waals surface area contributed by atoms with Crippen molar-refractivity contribution in [2.24, 2.45) is 0 Å². The van der Waals surface area contributed by atoms with E-state index in [0.29, 0.717) is 0 Å². The van der Waals surface area contributed by atoms with Gasteiger partial charge in [-0.15, -0.1) is 0 Å². The molecule has 0 spiro atoms. The number of nitrogens with one attached hydrogen (secondary N) is 1. The summed E-state index contributed by atoms with van der Waals surface area (Å²) < 4.78 is 0. The van der Waals surface area contributed by atoms with E-state index < -0.39 is 0 Å². The minimum absolute atomic E-state index is 0.729. The molecular formula is C16H22N4. The Bertz CT molecular complexity index is 587. The van der Waals surface area contributed by atoms with Gasteiger partial charge in [0.2, 0.25) is 5.95 Å². The molecule has 0 aliphatic rings. The molecule has 0 fully saturated rings. The highest BCUT2D eigenvalue weighted by Gasteiger charge is 2.10. The lowest BCUT2D eigenvalue weighted by molar-refractivity contribution is 0.795. The molecule has 1 aromatic carbocycles. The second-order valence-electron chi connectivity index (χ2n) is 5.22. The molecule has 0 radical (unpaired) electrons. The van der Waals surface area contributed by atoms with Gasteiger partial charge in [-0.3, -0.25) is 0 Å². The average Bonchev–Trinajstić information content (AvgIpc) is 2.39. The van der Waals surface area contributed by atoms with E-state index in [0.717, 1.165) is 29.4 Å². The predicted molar refractivity (Wildman–Crippen MR) is 83.5 cm³/mol. The molecule has 0 aliphatic heterocycles. The SMILES string of the molecule is CNCc1cnc(N(C)c2cc(C)cc(C)c2)nc1C. The summed E-state index contributed by atoms with van der Waals surface area (Å²) in [7, 11) is 3.93. The maximum atomic E-state index is 4.60. The van der Waals surface area contributed by atoms with Crippen LogP contribution in [0.2, 0.25) is 0 Å². The standard InChI is InChI=1S/C16H22N4/c1-11-6-12(2)8-15(7-11)20(5)16-18-10-14(9-17-4)13(3)19-16/h6-8,10,17H,9H2,1-5H3. The van der Waals surface area contributed by atoms with Crippen LogP contribution in [0.4, 0.5) is 11.6 Å². The summed E-state index contributed by atoms with van der Waals surface area (Å²) in [6.07, 6.45) is 1.90. The summed E-state index contributed by atoms with van der Waals surface area (Å²) in [4.78, 5) is 11.1. The number of anilines is 2. The lowest BCUT2D eigenvalue weighted by atomic mass is 10.1. The first kappa shape index (κ1) is 14.5. The number of aromatic nitrogens is 2. The van der Waals surface area contributed by atoms with Gasteiger partial charge < -0.3 is 10.2 Å². The predicted octanol–water partition coefficient (Wildman–Crippen LogP) is 2.89. The van der Waals surface area contributed by atoms with Crippen molar-refractivity contribution in [3.63, 3.8) is 0 Å². The highest BCUT2D eigenvalue weighted by molar-refractivity contribution is 5.58. The van der Waals surface area contributed by atoms with E-state index in [-0.39, 0.29) is 0 Å². The van der Waals surface area contributed by atoms with E-state index in [9.17, 15) is 0 Å². The van der Waals surface area contributed by atoms with Crippen molar-refractivity contribution in [3.05, 3.63) is 46.8 Å². The second kappa shape index (κ2) is 6.01. The summed E-state index contributed by atoms with van der Waals surface area (Å²) >= 11 is 0. The molecule has 20 heavy (non-hydrogen) atoms. The number of benzene rings is 1. The Morgan fingerprint density at radius 3 is 2.30 bits per heavy atom. The lowest BCUT2D eigenvalue weighted by Gasteiger charge is -2.19. The van der Waals surface area contributed by atoms with Crippen LogP contribution in [0.5, 0.6) is 0 Å². The van der Waals surface area contributed by atoms with Gasteiger partial charge in [0.15, 0.2) is 0 Å². The van der Waals surface area contributed by atoms with Crippen molar-refractivity contribution in [1.82, 2.24) is 15.3 Å². The van der Waals surface area contributed by atoms with Crippen LogP contribution in [0.25, 0.3) is 0 Å². The molecule has 0 saturated heterocycles. The molecule has 0 unspecified atom stereocenters. The first-order valence-electron chi connectivity index (χ1n) is 6.80. The summed E-state index contributed by atoms with van der Waals surface area (Å²) in [5, 5.41) is 3.13. The minimum atomic E-state index is 0.729. The smallest absolute Gasteiger partial charge is 0.229 e. The Morgan fingerprint density at radius 1 is 1.10 bits per heavy atom. The van der Waals surface area contributed by atoms with Crippen LogP contribution < -0.4 is 10.2 Å². The van der Waals surface area contributed by atoms with Crippen molar-refractivity contribution < 1.29 is 0 Å². The highest BCUT2D eigenvalue weighted by atomic mass is 15.2. The molecule has 0 aliphatic carbocycles. The summed E-state index contributed by atoms with van der Waals surface area (Å²) in [5.41, 5.74) is 5.75. The van der Waals surface area contributed by atoms with Gasteiger partial charge in [-0.25, -0.2) is 9.97 Å². The van der Waals surface area contributed by atoms with Crippen molar-refractivity contribution in [2.45, 2.75) is 27.3 Å². The van der Waals surface area contributed by atoms with Gasteiger partial charge in [0.25, 0.3) is 0 Å². The van der Waals surface area contributed by atoms with E-state index in [1.54, 1.807) is 0 Å². The van der Waals surface area contributed by atoms with Crippen LogP contribution in [0.1, 0.15) is 22.4 Å². The zero-order chi connectivity index (χ0) is 14.7. The summed E-state index contributed by atoms with van der Waals surface area (Å²) in [6, 6.07) is 6.46. The van der Waals surface area contributed by atoms with Gasteiger partial charge >= 0.3 is 0 Å². The van der Waals surface area contributed by atoms with E-state index in [2.05, 4.69) is 47.3 Å². The molecule has 1 N–H and O–H groups in total. The van der Waals surface area contributed by atoms with Crippen LogP contribution in [-0.4, -0.2) is 24.1 Å². The fraction of sp³-hybridized carbons (Fsp3) is 0.375. The Balaban J connectivity index is 2.33. The van der Waals surface area contributed by atoms with Gasteiger partial charge in [0, 0.05) is 36.7 Å². The summed E-state index contributed by atoms with van der Waals surface area (Å²) in [5.74, 6) is 0.729. The monoisotopic (exact) mass is 270 g/mol.